The molecule has 5 heteroatoms. The van der Waals surface area contributed by atoms with Gasteiger partial charge < -0.3 is 4.57 Å². The first kappa shape index (κ1) is 30.4. The van der Waals surface area contributed by atoms with Gasteiger partial charge in [0.05, 0.1) is 46.6 Å². The zero-order valence-corrected chi connectivity index (χ0v) is 28.0. The molecule has 0 aliphatic heterocycles. The van der Waals surface area contributed by atoms with Gasteiger partial charge in [-0.1, -0.05) is 127 Å². The van der Waals surface area contributed by atoms with Crippen molar-refractivity contribution in [3.05, 3.63) is 192 Å². The van der Waals surface area contributed by atoms with Gasteiger partial charge in [0, 0.05) is 16.5 Å². The third kappa shape index (κ3) is 4.80. The fourth-order valence-electron chi connectivity index (χ4n) is 7.48. The first-order chi connectivity index (χ1) is 24.7. The van der Waals surface area contributed by atoms with E-state index in [4.69, 9.17) is 6.57 Å². The first-order valence-corrected chi connectivity index (χ1v) is 18.3. The topological polar surface area (TPSA) is 56.9 Å². The van der Waals surface area contributed by atoms with Gasteiger partial charge in [-0.2, -0.15) is 10.5 Å². The Bertz CT molecular complexity index is 2510. The second-order valence-electron chi connectivity index (χ2n) is 12.2. The number of nitrogens with zero attached hydrogens (tertiary/aromatic N) is 4. The third-order valence-corrected chi connectivity index (χ3v) is 14.4. The molecule has 8 rings (SSSR count). The summed E-state index contributed by atoms with van der Waals surface area (Å²) < 4.78 is 2.18. The van der Waals surface area contributed by atoms with E-state index < -0.39 is 8.07 Å². The Kier molecular flexibility index (Phi) is 7.63. The Morgan fingerprint density at radius 3 is 1.64 bits per heavy atom. The van der Waals surface area contributed by atoms with E-state index in [1.54, 1.807) is 0 Å². The van der Waals surface area contributed by atoms with Crippen LogP contribution >= 0.6 is 0 Å². The molecule has 4 nitrogen and oxygen atoms in total. The minimum absolute atomic E-state index is 0.539. The third-order valence-electron chi connectivity index (χ3n) is 9.64. The number of rotatable bonds is 6. The molecule has 8 aromatic rings. The number of nitriles is 2. The lowest BCUT2D eigenvalue weighted by molar-refractivity contribution is 1.18. The maximum absolute atomic E-state index is 10.9. The Morgan fingerprint density at radius 1 is 0.500 bits per heavy atom. The van der Waals surface area contributed by atoms with Gasteiger partial charge in [0.15, 0.2) is 13.8 Å². The number of aromatic nitrogens is 1. The molecule has 1 aromatic heterocycles. The zero-order valence-electron chi connectivity index (χ0n) is 27.0. The van der Waals surface area contributed by atoms with Crippen LogP contribution in [0.25, 0.3) is 43.5 Å². The minimum atomic E-state index is -2.84. The van der Waals surface area contributed by atoms with E-state index in [2.05, 4.69) is 143 Å². The molecule has 0 aliphatic carbocycles. The summed E-state index contributed by atoms with van der Waals surface area (Å²) in [5, 5.41) is 27.2. The molecule has 0 saturated carbocycles. The summed E-state index contributed by atoms with van der Waals surface area (Å²) in [6.45, 7) is 7.63. The summed E-state index contributed by atoms with van der Waals surface area (Å²) in [6.07, 6.45) is 0. The van der Waals surface area contributed by atoms with Crippen molar-refractivity contribution in [3.63, 3.8) is 0 Å². The molecular weight excluding hydrogens is 625 g/mol. The molecule has 0 unspecified atom stereocenters. The van der Waals surface area contributed by atoms with E-state index in [0.29, 0.717) is 16.8 Å². The molecule has 50 heavy (non-hydrogen) atoms. The van der Waals surface area contributed by atoms with Gasteiger partial charge in [0.2, 0.25) is 0 Å². The van der Waals surface area contributed by atoms with Crippen LogP contribution in [0.1, 0.15) is 11.1 Å². The summed E-state index contributed by atoms with van der Waals surface area (Å²) in [5.41, 5.74) is 6.21. The lowest BCUT2D eigenvalue weighted by Crippen LogP contribution is -2.74. The molecule has 7 aromatic carbocycles. The van der Waals surface area contributed by atoms with Crippen molar-refractivity contribution >= 4 is 56.3 Å². The number of hydrogen-bond donors (Lipinski definition) is 0. The van der Waals surface area contributed by atoms with Crippen molar-refractivity contribution in [1.82, 2.24) is 4.57 Å². The van der Waals surface area contributed by atoms with Crippen molar-refractivity contribution in [3.8, 4) is 29.0 Å². The monoisotopic (exact) mass is 652 g/mol. The predicted molar refractivity (Wildman–Crippen MR) is 206 cm³/mol. The standard InChI is InChI=1S/C45H28N4Si/c1-48-34-22-26-45-42(29-34)41-27-32(30-46)21-25-44(41)49(45)43-20-12-11-19-40(43)39-24-23-38(28-33(39)31-47)50(35-13-5-2-6-14-35,36-15-7-3-8-16-36)37-17-9-4-10-18-37/h2-29H. The van der Waals surface area contributed by atoms with Crippen LogP contribution in [0.15, 0.2) is 170 Å². The van der Waals surface area contributed by atoms with Gasteiger partial charge in [-0.05, 0) is 68.6 Å². The molecule has 0 fully saturated rings. The highest BCUT2D eigenvalue weighted by molar-refractivity contribution is 7.19. The van der Waals surface area contributed by atoms with Crippen LogP contribution in [-0.2, 0) is 0 Å². The molecular formula is C45H28N4Si. The molecule has 0 bridgehead atoms. The van der Waals surface area contributed by atoms with Crippen LogP contribution in [0.5, 0.6) is 0 Å². The van der Waals surface area contributed by atoms with Gasteiger partial charge in [-0.25, -0.2) is 4.85 Å². The van der Waals surface area contributed by atoms with Crippen LogP contribution in [0.3, 0.4) is 0 Å². The number of para-hydroxylation sites is 1. The normalized spacial score (nSPS) is 11.1. The van der Waals surface area contributed by atoms with Gasteiger partial charge in [-0.15, -0.1) is 0 Å². The van der Waals surface area contributed by atoms with Gasteiger partial charge in [-0.3, -0.25) is 0 Å². The van der Waals surface area contributed by atoms with Gasteiger partial charge in [0.25, 0.3) is 0 Å². The minimum Gasteiger partial charge on any atom is -0.309 e. The predicted octanol–water partition coefficient (Wildman–Crippen LogP) is 8.12. The largest absolute Gasteiger partial charge is 0.309 e. The second-order valence-corrected chi connectivity index (χ2v) is 16.0. The van der Waals surface area contributed by atoms with Crippen molar-refractivity contribution < 1.29 is 0 Å². The average Bonchev–Trinajstić information content (AvgIpc) is 3.52. The molecule has 1 heterocycles. The Balaban J connectivity index is 1.39. The summed E-state index contributed by atoms with van der Waals surface area (Å²) in [6, 6.07) is 62.9. The molecule has 0 amide bonds. The lowest BCUT2D eigenvalue weighted by atomic mass is 9.98. The highest BCUT2D eigenvalue weighted by Crippen LogP contribution is 2.38. The molecule has 0 radical (unpaired) electrons. The van der Waals surface area contributed by atoms with Gasteiger partial charge in [0.1, 0.15) is 0 Å². The number of fused-ring (bicyclic) bond motifs is 3. The highest BCUT2D eigenvalue weighted by Gasteiger charge is 2.41. The molecule has 0 N–H and O–H groups in total. The SMILES string of the molecule is [C-]#[N+]c1ccc2c(c1)c1cc(C#N)ccc1n2-c1ccccc1-c1ccc([Si](c2ccccc2)(c2ccccc2)c2ccccc2)cc1C#N. The molecule has 0 atom stereocenters. The summed E-state index contributed by atoms with van der Waals surface area (Å²) in [4.78, 5) is 3.68. The Labute approximate surface area is 291 Å². The fourth-order valence-corrected chi connectivity index (χ4v) is 12.2. The number of hydrogen-bond acceptors (Lipinski definition) is 2. The van der Waals surface area contributed by atoms with Crippen LogP contribution < -0.4 is 20.7 Å². The molecule has 0 saturated heterocycles. The van der Waals surface area contributed by atoms with E-state index in [-0.39, 0.29) is 0 Å². The van der Waals surface area contributed by atoms with Crippen LogP contribution in [0.4, 0.5) is 5.69 Å². The van der Waals surface area contributed by atoms with E-state index in [1.165, 1.54) is 15.6 Å². The first-order valence-electron chi connectivity index (χ1n) is 16.3. The second kappa shape index (κ2) is 12.6. The summed E-state index contributed by atoms with van der Waals surface area (Å²) in [5.74, 6) is 0. The molecule has 232 valence electrons. The quantitative estimate of drug-likeness (QED) is 0.104. The maximum atomic E-state index is 10.9. The summed E-state index contributed by atoms with van der Waals surface area (Å²) in [7, 11) is -2.84. The zero-order chi connectivity index (χ0) is 34.1. The Hall–Kier alpha value is -6.97. The van der Waals surface area contributed by atoms with Crippen molar-refractivity contribution in [1.29, 1.82) is 10.5 Å². The Morgan fingerprint density at radius 2 is 1.06 bits per heavy atom. The van der Waals surface area contributed by atoms with E-state index in [0.717, 1.165) is 43.8 Å². The van der Waals surface area contributed by atoms with Crippen LogP contribution in [0, 0.1) is 29.2 Å². The molecule has 0 aliphatic rings. The van der Waals surface area contributed by atoms with E-state index in [1.807, 2.05) is 48.5 Å². The number of benzene rings is 7. The van der Waals surface area contributed by atoms with Crippen LogP contribution in [-0.4, -0.2) is 12.6 Å². The lowest BCUT2D eigenvalue weighted by Gasteiger charge is -2.34. The van der Waals surface area contributed by atoms with Crippen molar-refractivity contribution in [2.24, 2.45) is 0 Å². The fraction of sp³-hybridized carbons (Fsp3) is 0. The molecule has 0 spiro atoms. The van der Waals surface area contributed by atoms with Crippen molar-refractivity contribution in [2.45, 2.75) is 0 Å². The van der Waals surface area contributed by atoms with Crippen LogP contribution in [0.2, 0.25) is 0 Å². The van der Waals surface area contributed by atoms with Gasteiger partial charge >= 0.3 is 0 Å². The van der Waals surface area contributed by atoms with Crippen molar-refractivity contribution in [2.75, 3.05) is 0 Å². The smallest absolute Gasteiger partial charge is 0.188 e. The highest BCUT2D eigenvalue weighted by atomic mass is 28.3. The summed E-state index contributed by atoms with van der Waals surface area (Å²) >= 11 is 0. The van der Waals surface area contributed by atoms with E-state index in [9.17, 15) is 10.5 Å². The average molecular weight is 653 g/mol. The maximum Gasteiger partial charge on any atom is 0.188 e. The van der Waals surface area contributed by atoms with E-state index >= 15 is 0 Å².